The average Bonchev–Trinajstić information content (AvgIpc) is 2.73. The third kappa shape index (κ3) is 5.74. The first-order chi connectivity index (χ1) is 14.1. The van der Waals surface area contributed by atoms with Crippen molar-refractivity contribution in [3.05, 3.63) is 40.2 Å². The molecule has 0 radical (unpaired) electrons. The molecular formula is C19H27N7O3. The van der Waals surface area contributed by atoms with Crippen LogP contribution in [0, 0.1) is 16.0 Å². The number of aromatic nitrogens is 3. The Morgan fingerprint density at radius 1 is 1.28 bits per heavy atom. The minimum absolute atomic E-state index is 0.139. The van der Waals surface area contributed by atoms with Crippen LogP contribution in [0.2, 0.25) is 0 Å². The second kappa shape index (κ2) is 9.97. The zero-order chi connectivity index (χ0) is 20.6. The van der Waals surface area contributed by atoms with Crippen molar-refractivity contribution in [1.82, 2.24) is 15.0 Å². The molecule has 1 aliphatic rings. The Morgan fingerprint density at radius 3 is 2.79 bits per heavy atom. The van der Waals surface area contributed by atoms with Gasteiger partial charge in [0, 0.05) is 30.9 Å². The van der Waals surface area contributed by atoms with Crippen molar-refractivity contribution < 1.29 is 9.66 Å². The van der Waals surface area contributed by atoms with E-state index in [1.165, 1.54) is 6.20 Å². The molecule has 156 valence electrons. The van der Waals surface area contributed by atoms with Crippen LogP contribution in [0.1, 0.15) is 38.2 Å². The van der Waals surface area contributed by atoms with Crippen LogP contribution >= 0.6 is 0 Å². The molecule has 10 nitrogen and oxygen atoms in total. The van der Waals surface area contributed by atoms with Gasteiger partial charge in [-0.25, -0.2) is 9.97 Å². The Hall–Kier alpha value is -3.01. The summed E-state index contributed by atoms with van der Waals surface area (Å²) in [6.45, 7) is 3.42. The number of hydrogen-bond acceptors (Lipinski definition) is 9. The summed E-state index contributed by atoms with van der Waals surface area (Å²) >= 11 is 0. The first-order valence-electron chi connectivity index (χ1n) is 9.88. The first kappa shape index (κ1) is 20.7. The molecule has 0 atom stereocenters. The standard InChI is InChI=1S/C19H27N7O3/c1-2-29-18-14(4-3-9-21-18)11-23-19-24-12-16(26(27)28)17(25-19)22-10-13-5-7-15(20)8-6-13/h3-4,9,12-13,15H,2,5-8,10-11,20H2,1H3,(H2,22,23,24,25). The Morgan fingerprint density at radius 2 is 2.07 bits per heavy atom. The van der Waals surface area contributed by atoms with Crippen molar-refractivity contribution >= 4 is 17.5 Å². The zero-order valence-electron chi connectivity index (χ0n) is 16.5. The molecule has 0 aromatic carbocycles. The number of ether oxygens (including phenoxy) is 1. The Kier molecular flexibility index (Phi) is 7.12. The maximum Gasteiger partial charge on any atom is 0.329 e. The van der Waals surface area contributed by atoms with E-state index in [2.05, 4.69) is 25.6 Å². The Bertz CT molecular complexity index is 825. The number of nitrogens with one attached hydrogen (secondary N) is 2. The van der Waals surface area contributed by atoms with Gasteiger partial charge in [0.1, 0.15) is 6.20 Å². The van der Waals surface area contributed by atoms with Gasteiger partial charge in [-0.1, -0.05) is 6.07 Å². The van der Waals surface area contributed by atoms with Gasteiger partial charge in [-0.15, -0.1) is 0 Å². The van der Waals surface area contributed by atoms with E-state index in [9.17, 15) is 10.1 Å². The fourth-order valence-electron chi connectivity index (χ4n) is 3.36. The fourth-order valence-corrected chi connectivity index (χ4v) is 3.36. The van der Waals surface area contributed by atoms with E-state index in [4.69, 9.17) is 10.5 Å². The van der Waals surface area contributed by atoms with E-state index in [0.29, 0.717) is 37.4 Å². The van der Waals surface area contributed by atoms with Crippen molar-refractivity contribution in [3.8, 4) is 5.88 Å². The molecule has 0 aliphatic heterocycles. The molecule has 0 saturated heterocycles. The molecule has 0 amide bonds. The Balaban J connectivity index is 1.67. The van der Waals surface area contributed by atoms with Crippen molar-refractivity contribution in [3.63, 3.8) is 0 Å². The third-order valence-electron chi connectivity index (χ3n) is 4.98. The summed E-state index contributed by atoms with van der Waals surface area (Å²) in [5.74, 6) is 1.50. The van der Waals surface area contributed by atoms with E-state index < -0.39 is 4.92 Å². The predicted octanol–water partition coefficient (Wildman–Crippen LogP) is 2.72. The molecule has 1 fully saturated rings. The molecule has 2 heterocycles. The molecular weight excluding hydrogens is 374 g/mol. The minimum Gasteiger partial charge on any atom is -0.478 e. The smallest absolute Gasteiger partial charge is 0.329 e. The van der Waals surface area contributed by atoms with Gasteiger partial charge in [0.2, 0.25) is 17.6 Å². The second-order valence-corrected chi connectivity index (χ2v) is 7.10. The number of rotatable bonds is 9. The number of anilines is 2. The highest BCUT2D eigenvalue weighted by molar-refractivity contribution is 5.57. The van der Waals surface area contributed by atoms with Gasteiger partial charge in [-0.3, -0.25) is 10.1 Å². The average molecular weight is 401 g/mol. The molecule has 0 bridgehead atoms. The highest BCUT2D eigenvalue weighted by Gasteiger charge is 2.22. The zero-order valence-corrected chi connectivity index (χ0v) is 16.5. The normalized spacial score (nSPS) is 18.8. The van der Waals surface area contributed by atoms with Crippen LogP contribution < -0.4 is 21.1 Å². The maximum absolute atomic E-state index is 11.3. The lowest BCUT2D eigenvalue weighted by molar-refractivity contribution is -0.384. The van der Waals surface area contributed by atoms with E-state index in [-0.39, 0.29) is 17.5 Å². The molecule has 1 aliphatic carbocycles. The quantitative estimate of drug-likeness (QED) is 0.427. The van der Waals surface area contributed by atoms with Crippen molar-refractivity contribution in [1.29, 1.82) is 0 Å². The topological polar surface area (TPSA) is 141 Å². The van der Waals surface area contributed by atoms with Gasteiger partial charge < -0.3 is 21.1 Å². The van der Waals surface area contributed by atoms with Crippen LogP contribution in [0.15, 0.2) is 24.5 Å². The van der Waals surface area contributed by atoms with Crippen LogP contribution in [-0.2, 0) is 6.54 Å². The summed E-state index contributed by atoms with van der Waals surface area (Å²) in [6, 6.07) is 3.98. The van der Waals surface area contributed by atoms with Crippen LogP contribution in [0.3, 0.4) is 0 Å². The van der Waals surface area contributed by atoms with Gasteiger partial charge >= 0.3 is 5.69 Å². The summed E-state index contributed by atoms with van der Waals surface area (Å²) < 4.78 is 5.51. The maximum atomic E-state index is 11.3. The van der Waals surface area contributed by atoms with E-state index in [0.717, 1.165) is 31.2 Å². The van der Waals surface area contributed by atoms with Crippen LogP contribution in [0.5, 0.6) is 5.88 Å². The molecule has 3 rings (SSSR count). The minimum atomic E-state index is -0.475. The number of pyridine rings is 1. The SMILES string of the molecule is CCOc1ncccc1CNc1ncc([N+](=O)[O-])c(NCC2CCC(N)CC2)n1. The van der Waals surface area contributed by atoms with Crippen molar-refractivity contribution in [2.45, 2.75) is 45.2 Å². The van der Waals surface area contributed by atoms with Gasteiger partial charge in [0.15, 0.2) is 0 Å². The third-order valence-corrected chi connectivity index (χ3v) is 4.98. The van der Waals surface area contributed by atoms with Crippen LogP contribution in [0.4, 0.5) is 17.5 Å². The monoisotopic (exact) mass is 401 g/mol. The largest absolute Gasteiger partial charge is 0.478 e. The lowest BCUT2D eigenvalue weighted by Crippen LogP contribution is -2.29. The van der Waals surface area contributed by atoms with Crippen LogP contribution in [0.25, 0.3) is 0 Å². The Labute approximate surface area is 169 Å². The first-order valence-corrected chi connectivity index (χ1v) is 9.88. The predicted molar refractivity (Wildman–Crippen MR) is 110 cm³/mol. The van der Waals surface area contributed by atoms with Gasteiger partial charge in [-0.05, 0) is 44.6 Å². The van der Waals surface area contributed by atoms with Gasteiger partial charge in [0.25, 0.3) is 0 Å². The number of nitrogens with zero attached hydrogens (tertiary/aromatic N) is 4. The second-order valence-electron chi connectivity index (χ2n) is 7.10. The molecule has 2 aromatic heterocycles. The summed E-state index contributed by atoms with van der Waals surface area (Å²) in [6.07, 6.45) is 6.88. The molecule has 29 heavy (non-hydrogen) atoms. The lowest BCUT2D eigenvalue weighted by atomic mass is 9.86. The number of nitro groups is 1. The molecule has 4 N–H and O–H groups in total. The van der Waals surface area contributed by atoms with E-state index in [1.54, 1.807) is 6.20 Å². The summed E-state index contributed by atoms with van der Waals surface area (Å²) in [7, 11) is 0. The van der Waals surface area contributed by atoms with Crippen LogP contribution in [-0.4, -0.2) is 39.1 Å². The van der Waals surface area contributed by atoms with Crippen molar-refractivity contribution in [2.24, 2.45) is 11.7 Å². The summed E-state index contributed by atoms with van der Waals surface area (Å²) in [4.78, 5) is 23.5. The lowest BCUT2D eigenvalue weighted by Gasteiger charge is -2.26. The summed E-state index contributed by atoms with van der Waals surface area (Å²) in [5, 5.41) is 17.6. The molecule has 0 spiro atoms. The van der Waals surface area contributed by atoms with E-state index in [1.807, 2.05) is 19.1 Å². The number of hydrogen-bond donors (Lipinski definition) is 3. The molecule has 10 heteroatoms. The fraction of sp³-hybridized carbons (Fsp3) is 0.526. The highest BCUT2D eigenvalue weighted by Crippen LogP contribution is 2.26. The highest BCUT2D eigenvalue weighted by atomic mass is 16.6. The molecule has 1 saturated carbocycles. The molecule has 2 aromatic rings. The van der Waals surface area contributed by atoms with E-state index >= 15 is 0 Å². The summed E-state index contributed by atoms with van der Waals surface area (Å²) in [5.41, 5.74) is 6.66. The van der Waals surface area contributed by atoms with Gasteiger partial charge in [-0.2, -0.15) is 4.98 Å². The number of nitrogens with two attached hydrogens (primary N) is 1. The molecule has 0 unspecified atom stereocenters. The van der Waals surface area contributed by atoms with Crippen molar-refractivity contribution in [2.75, 3.05) is 23.8 Å². The van der Waals surface area contributed by atoms with Gasteiger partial charge in [0.05, 0.1) is 11.5 Å².